The normalized spacial score (nSPS) is 5.67. The molecule has 0 amide bonds. The molecule has 0 radical (unpaired) electrons. The average molecular weight is 116 g/mol. The third-order valence-corrected chi connectivity index (χ3v) is 0.287. The number of hydrogen-bond acceptors (Lipinski definition) is 2. The minimum atomic E-state index is -0.245. The van der Waals surface area contributed by atoms with Crippen molar-refractivity contribution in [3.8, 4) is 0 Å². The van der Waals surface area contributed by atoms with Gasteiger partial charge in [0.05, 0.1) is 7.11 Å². The van der Waals surface area contributed by atoms with Crippen molar-refractivity contribution >= 4 is 43.7 Å². The molecule has 0 aromatic heterocycles. The van der Waals surface area contributed by atoms with E-state index in [1.54, 1.807) is 0 Å². The van der Waals surface area contributed by atoms with Gasteiger partial charge in [0.1, 0.15) is 0 Å². The van der Waals surface area contributed by atoms with E-state index in [1.807, 2.05) is 0 Å². The molecule has 0 saturated carbocycles. The molecule has 0 aromatic rings. The van der Waals surface area contributed by atoms with Crippen LogP contribution in [0.25, 0.3) is 0 Å². The maximum absolute atomic E-state index is 9.59. The zero-order valence-corrected chi connectivity index (χ0v) is 6.23. The van der Waals surface area contributed by atoms with Gasteiger partial charge in [-0.05, 0) is 0 Å². The van der Waals surface area contributed by atoms with Gasteiger partial charge in [-0.3, -0.25) is 4.79 Å². The van der Waals surface area contributed by atoms with E-state index >= 15 is 0 Å². The summed E-state index contributed by atoms with van der Waals surface area (Å²) in [5.74, 6) is -0.245. The van der Waals surface area contributed by atoms with Crippen LogP contribution in [0, 0.1) is 0 Å². The van der Waals surface area contributed by atoms with E-state index in [-0.39, 0.29) is 46.6 Å². The molecule has 6 heavy (non-hydrogen) atoms. The summed E-state index contributed by atoms with van der Waals surface area (Å²) in [4.78, 5) is 9.59. The molecule has 0 aromatic carbocycles. The summed E-state index contributed by atoms with van der Waals surface area (Å²) in [5, 5.41) is 0. The molecule has 0 atom stereocenters. The average Bonchev–Trinajstić information content (AvgIpc) is 1.38. The summed E-state index contributed by atoms with van der Waals surface area (Å²) in [6.07, 6.45) is 0. The van der Waals surface area contributed by atoms with E-state index in [0.29, 0.717) is 0 Å². The fourth-order valence-electron chi connectivity index (χ4n) is 0. The van der Waals surface area contributed by atoms with Crippen LogP contribution in [0.2, 0.25) is 0 Å². The standard InChI is InChI=1S/C3H6O2.Ca.2H/c1-3(4)5-2;;;/h1-2H3;;;/q;+2;2*-1. The summed E-state index contributed by atoms with van der Waals surface area (Å²) in [6.45, 7) is 1.36. The van der Waals surface area contributed by atoms with Crippen LogP contribution in [-0.4, -0.2) is 50.8 Å². The second-order valence-electron chi connectivity index (χ2n) is 0.696. The van der Waals surface area contributed by atoms with Crippen molar-refractivity contribution in [2.75, 3.05) is 7.11 Å². The van der Waals surface area contributed by atoms with Crippen molar-refractivity contribution in [3.63, 3.8) is 0 Å². The topological polar surface area (TPSA) is 26.3 Å². The summed E-state index contributed by atoms with van der Waals surface area (Å²) < 4.78 is 4.11. The molecule has 0 rings (SSSR count). The van der Waals surface area contributed by atoms with Crippen molar-refractivity contribution in [1.82, 2.24) is 0 Å². The fourth-order valence-corrected chi connectivity index (χ4v) is 0. The van der Waals surface area contributed by atoms with Crippen LogP contribution in [0.15, 0.2) is 0 Å². The number of ether oxygens (including phenoxy) is 1. The molecule has 34 valence electrons. The van der Waals surface area contributed by atoms with Crippen LogP contribution in [0.3, 0.4) is 0 Å². The van der Waals surface area contributed by atoms with Gasteiger partial charge in [-0.15, -0.1) is 0 Å². The molecule has 0 aliphatic heterocycles. The second-order valence-corrected chi connectivity index (χ2v) is 0.696. The number of carbonyl (C=O) groups is 1. The molecule has 3 heteroatoms. The predicted molar refractivity (Wildman–Crippen MR) is 25.7 cm³/mol. The Kier molecular flexibility index (Phi) is 9.43. The van der Waals surface area contributed by atoms with Crippen molar-refractivity contribution in [2.45, 2.75) is 6.92 Å². The molecule has 0 heterocycles. The van der Waals surface area contributed by atoms with E-state index in [1.165, 1.54) is 14.0 Å². The van der Waals surface area contributed by atoms with Crippen LogP contribution in [0.1, 0.15) is 9.78 Å². The van der Waals surface area contributed by atoms with E-state index < -0.39 is 0 Å². The van der Waals surface area contributed by atoms with Crippen molar-refractivity contribution < 1.29 is 12.4 Å². The third kappa shape index (κ3) is 8.83. The van der Waals surface area contributed by atoms with Crippen molar-refractivity contribution in [2.24, 2.45) is 0 Å². The first-order valence-corrected chi connectivity index (χ1v) is 1.32. The molecule has 0 N–H and O–H groups in total. The Morgan fingerprint density at radius 3 is 2.00 bits per heavy atom. The smallest absolute Gasteiger partial charge is 1.00 e. The van der Waals surface area contributed by atoms with Crippen molar-refractivity contribution in [3.05, 3.63) is 0 Å². The van der Waals surface area contributed by atoms with Gasteiger partial charge >= 0.3 is 43.7 Å². The van der Waals surface area contributed by atoms with Crippen molar-refractivity contribution in [1.29, 1.82) is 0 Å². The van der Waals surface area contributed by atoms with Gasteiger partial charge < -0.3 is 7.59 Å². The van der Waals surface area contributed by atoms with Gasteiger partial charge in [-0.2, -0.15) is 0 Å². The van der Waals surface area contributed by atoms with E-state index in [2.05, 4.69) is 4.74 Å². The Labute approximate surface area is 69.8 Å². The maximum atomic E-state index is 9.59. The van der Waals surface area contributed by atoms with Crippen LogP contribution >= 0.6 is 0 Å². The number of hydrogen-bond donors (Lipinski definition) is 0. The monoisotopic (exact) mass is 116 g/mol. The quantitative estimate of drug-likeness (QED) is 0.329. The van der Waals surface area contributed by atoms with E-state index in [0.717, 1.165) is 0 Å². The van der Waals surface area contributed by atoms with Crippen LogP contribution in [-0.2, 0) is 9.53 Å². The number of rotatable bonds is 0. The van der Waals surface area contributed by atoms with Crippen LogP contribution in [0.5, 0.6) is 0 Å². The third-order valence-electron chi connectivity index (χ3n) is 0.287. The Bertz CT molecular complexity index is 50.5. The molecule has 2 nitrogen and oxygen atoms in total. The molecule has 0 spiro atoms. The van der Waals surface area contributed by atoms with Gasteiger partial charge in [0.25, 0.3) is 0 Å². The molecule has 0 fully saturated rings. The van der Waals surface area contributed by atoms with Crippen LogP contribution in [0.4, 0.5) is 0 Å². The Morgan fingerprint density at radius 1 is 1.83 bits per heavy atom. The minimum absolute atomic E-state index is 0. The molecular weight excluding hydrogens is 108 g/mol. The van der Waals surface area contributed by atoms with Gasteiger partial charge in [0, 0.05) is 6.92 Å². The predicted octanol–water partition coefficient (Wildman–Crippen LogP) is 0.0235. The fraction of sp³-hybridized carbons (Fsp3) is 0.667. The largest absolute Gasteiger partial charge is 2.00 e. The van der Waals surface area contributed by atoms with Crippen LogP contribution < -0.4 is 0 Å². The zero-order valence-electron chi connectivity index (χ0n) is 6.02. The van der Waals surface area contributed by atoms with Gasteiger partial charge in [0.15, 0.2) is 0 Å². The molecule has 0 bridgehead atoms. The first-order valence-electron chi connectivity index (χ1n) is 1.32. The zero-order chi connectivity index (χ0) is 4.28. The maximum Gasteiger partial charge on any atom is 2.00 e. The SMILES string of the molecule is COC(C)=O.[Ca+2].[H-].[H-]. The van der Waals surface area contributed by atoms with Gasteiger partial charge in [-0.1, -0.05) is 0 Å². The summed E-state index contributed by atoms with van der Waals surface area (Å²) in [7, 11) is 1.35. The molecule has 0 unspecified atom stereocenters. The molecule has 0 aliphatic carbocycles. The Balaban J connectivity index is -0.0000000267. The van der Waals surface area contributed by atoms with E-state index in [9.17, 15) is 4.79 Å². The number of esters is 1. The Morgan fingerprint density at radius 2 is 2.00 bits per heavy atom. The number of methoxy groups -OCH3 is 1. The molecular formula is C3H8CaO2. The Hall–Kier alpha value is 0.730. The van der Waals surface area contributed by atoms with Gasteiger partial charge in [-0.25, -0.2) is 0 Å². The summed E-state index contributed by atoms with van der Waals surface area (Å²) in [5.41, 5.74) is 0. The van der Waals surface area contributed by atoms with E-state index in [4.69, 9.17) is 0 Å². The minimum Gasteiger partial charge on any atom is -1.00 e. The first-order chi connectivity index (χ1) is 2.27. The summed E-state index contributed by atoms with van der Waals surface area (Å²) in [6, 6.07) is 0. The molecule has 0 aliphatic rings. The number of carbonyl (C=O) groups excluding carboxylic acids is 1. The van der Waals surface area contributed by atoms with Gasteiger partial charge in [0.2, 0.25) is 0 Å². The molecule has 0 saturated heterocycles. The second kappa shape index (κ2) is 5.73. The summed E-state index contributed by atoms with van der Waals surface area (Å²) >= 11 is 0. The first kappa shape index (κ1) is 9.88.